The number of ether oxygens (including phenoxy) is 3. The van der Waals surface area contributed by atoms with Gasteiger partial charge in [0.25, 0.3) is 0 Å². The zero-order valence-electron chi connectivity index (χ0n) is 24.9. The first-order valence-electron chi connectivity index (χ1n) is 12.9. The molecule has 2 aliphatic rings. The third kappa shape index (κ3) is 6.25. The van der Waals surface area contributed by atoms with Crippen LogP contribution >= 0.6 is 0 Å². The van der Waals surface area contributed by atoms with Gasteiger partial charge in [0.2, 0.25) is 0 Å². The Morgan fingerprint density at radius 2 is 1.40 bits per heavy atom. The SMILES string of the molecule is CC(C)(C)OC(=O)N(C(=O)OC(C)(C)C)C1=N[C@](C)(c2cc(B3OC(C)(C)C(C)(C)O3)ccc2F)C(F)(F)CO1. The van der Waals surface area contributed by atoms with E-state index in [9.17, 15) is 9.59 Å². The van der Waals surface area contributed by atoms with E-state index in [0.717, 1.165) is 13.0 Å². The summed E-state index contributed by atoms with van der Waals surface area (Å²) < 4.78 is 74.1. The second kappa shape index (κ2) is 9.94. The summed E-state index contributed by atoms with van der Waals surface area (Å²) in [4.78, 5) is 30.4. The lowest BCUT2D eigenvalue weighted by Crippen LogP contribution is -2.56. The highest BCUT2D eigenvalue weighted by Gasteiger charge is 2.59. The molecule has 0 N–H and O–H groups in total. The van der Waals surface area contributed by atoms with Crippen molar-refractivity contribution in [2.24, 2.45) is 4.99 Å². The van der Waals surface area contributed by atoms with Gasteiger partial charge in [-0.15, -0.1) is 4.90 Å². The molecule has 3 rings (SSSR count). The maximum absolute atomic E-state index is 15.5. The summed E-state index contributed by atoms with van der Waals surface area (Å²) in [6.07, 6.45) is -2.53. The number of aliphatic imine (C=N–C) groups is 1. The van der Waals surface area contributed by atoms with Gasteiger partial charge in [-0.25, -0.2) is 19.0 Å². The Morgan fingerprint density at radius 3 is 1.85 bits per heavy atom. The molecule has 0 bridgehead atoms. The number of amidine groups is 1. The van der Waals surface area contributed by atoms with Crippen molar-refractivity contribution in [1.82, 2.24) is 4.90 Å². The fraction of sp³-hybridized carbons (Fsp3) is 0.667. The van der Waals surface area contributed by atoms with Crippen molar-refractivity contribution in [2.75, 3.05) is 6.61 Å². The van der Waals surface area contributed by atoms with Crippen LogP contribution in [0.15, 0.2) is 23.2 Å². The van der Waals surface area contributed by atoms with Crippen molar-refractivity contribution < 1.29 is 46.3 Å². The molecule has 0 aliphatic carbocycles. The largest absolute Gasteiger partial charge is 0.494 e. The fourth-order valence-electron chi connectivity index (χ4n) is 3.86. The van der Waals surface area contributed by atoms with E-state index < -0.39 is 77.2 Å². The second-order valence-corrected chi connectivity index (χ2v) is 13.1. The third-order valence-electron chi connectivity index (χ3n) is 6.80. The number of halogens is 3. The molecule has 0 spiro atoms. The summed E-state index contributed by atoms with van der Waals surface area (Å²) in [7, 11) is -0.968. The Balaban J connectivity index is 2.14. The van der Waals surface area contributed by atoms with E-state index in [-0.39, 0.29) is 5.46 Å². The van der Waals surface area contributed by atoms with E-state index in [4.69, 9.17) is 23.5 Å². The Bertz CT molecular complexity index is 1160. The van der Waals surface area contributed by atoms with Crippen LogP contribution in [-0.2, 0) is 29.1 Å². The number of carbonyl (C=O) groups excluding carboxylic acids is 2. The van der Waals surface area contributed by atoms with E-state index >= 15 is 13.2 Å². The summed E-state index contributed by atoms with van der Waals surface area (Å²) in [6.45, 7) is 16.3. The lowest BCUT2D eigenvalue weighted by molar-refractivity contribution is -0.121. The fourth-order valence-corrected chi connectivity index (χ4v) is 3.86. The molecule has 222 valence electrons. The van der Waals surface area contributed by atoms with Crippen LogP contribution in [0.1, 0.15) is 81.7 Å². The van der Waals surface area contributed by atoms with Gasteiger partial charge in [0.15, 0.2) is 12.1 Å². The number of benzene rings is 1. The van der Waals surface area contributed by atoms with Gasteiger partial charge >= 0.3 is 31.2 Å². The van der Waals surface area contributed by atoms with E-state index in [2.05, 4.69) is 4.99 Å². The van der Waals surface area contributed by atoms with Gasteiger partial charge in [-0.05, 0) is 87.7 Å². The Kier molecular flexibility index (Phi) is 7.88. The number of hydrogen-bond donors (Lipinski definition) is 0. The van der Waals surface area contributed by atoms with Crippen LogP contribution in [0.2, 0.25) is 0 Å². The molecule has 13 heteroatoms. The molecule has 2 aliphatic heterocycles. The minimum Gasteiger partial charge on any atom is -0.458 e. The minimum atomic E-state index is -3.76. The lowest BCUT2D eigenvalue weighted by Gasteiger charge is -2.40. The van der Waals surface area contributed by atoms with Gasteiger partial charge in [0.1, 0.15) is 17.0 Å². The first-order chi connectivity index (χ1) is 17.9. The zero-order valence-corrected chi connectivity index (χ0v) is 24.9. The third-order valence-corrected chi connectivity index (χ3v) is 6.80. The molecular weight excluding hydrogens is 532 g/mol. The van der Waals surface area contributed by atoms with Crippen molar-refractivity contribution >= 4 is 30.8 Å². The second-order valence-electron chi connectivity index (χ2n) is 13.1. The van der Waals surface area contributed by atoms with Crippen LogP contribution in [0.3, 0.4) is 0 Å². The topological polar surface area (TPSA) is 95.9 Å². The number of nitrogens with zero attached hydrogens (tertiary/aromatic N) is 2. The first kappa shape index (κ1) is 31.7. The average Bonchev–Trinajstić information content (AvgIpc) is 2.95. The highest BCUT2D eigenvalue weighted by Crippen LogP contribution is 2.45. The van der Waals surface area contributed by atoms with E-state index in [1.165, 1.54) is 12.1 Å². The van der Waals surface area contributed by atoms with Crippen LogP contribution in [-0.4, -0.2) is 65.2 Å². The van der Waals surface area contributed by atoms with Gasteiger partial charge < -0.3 is 23.5 Å². The highest BCUT2D eigenvalue weighted by atomic mass is 19.3. The van der Waals surface area contributed by atoms with Crippen LogP contribution < -0.4 is 5.46 Å². The number of amides is 2. The van der Waals surface area contributed by atoms with E-state index in [1.807, 2.05) is 27.7 Å². The molecule has 1 fully saturated rings. The molecule has 1 atom stereocenters. The number of carbonyl (C=O) groups is 2. The monoisotopic (exact) mass is 570 g/mol. The molecule has 0 aromatic heterocycles. The molecule has 1 aromatic rings. The predicted octanol–water partition coefficient (Wildman–Crippen LogP) is 5.53. The van der Waals surface area contributed by atoms with Gasteiger partial charge in [0, 0.05) is 5.56 Å². The average molecular weight is 570 g/mol. The maximum atomic E-state index is 15.5. The number of rotatable bonds is 2. The molecule has 0 radical (unpaired) electrons. The summed E-state index contributed by atoms with van der Waals surface area (Å²) in [5.41, 5.74) is -6.44. The Labute approximate surface area is 233 Å². The molecule has 9 nitrogen and oxygen atoms in total. The number of alkyl halides is 2. The van der Waals surface area contributed by atoms with Crippen molar-refractivity contribution in [1.29, 1.82) is 0 Å². The standard InChI is InChI=1S/C27H38BF3N2O7/c1-22(2,3)37-20(34)33(21(35)38-23(4,5)6)19-32-26(11,27(30,31)15-36-19)17-14-16(12-13-18(17)29)28-39-24(7,8)25(9,10)40-28/h12-14H,15H2,1-11H3/t26-/m1/s1. The Morgan fingerprint density at radius 1 is 0.925 bits per heavy atom. The normalized spacial score (nSPS) is 23.6. The van der Waals surface area contributed by atoms with Crippen LogP contribution in [0.5, 0.6) is 0 Å². The highest BCUT2D eigenvalue weighted by molar-refractivity contribution is 6.62. The van der Waals surface area contributed by atoms with Gasteiger partial charge in [-0.3, -0.25) is 0 Å². The number of hydrogen-bond acceptors (Lipinski definition) is 8. The quantitative estimate of drug-likeness (QED) is 0.432. The van der Waals surface area contributed by atoms with Gasteiger partial charge in [-0.1, -0.05) is 12.1 Å². The summed E-state index contributed by atoms with van der Waals surface area (Å²) >= 11 is 0. The molecule has 0 saturated carbocycles. The molecule has 40 heavy (non-hydrogen) atoms. The smallest absolute Gasteiger partial charge is 0.458 e. The zero-order chi connectivity index (χ0) is 30.7. The minimum absolute atomic E-state index is 0.284. The molecule has 2 heterocycles. The summed E-state index contributed by atoms with van der Waals surface area (Å²) in [5.74, 6) is -4.76. The molecule has 0 unspecified atom stereocenters. The van der Waals surface area contributed by atoms with Gasteiger partial charge in [-0.2, -0.15) is 8.78 Å². The van der Waals surface area contributed by atoms with E-state index in [0.29, 0.717) is 4.90 Å². The summed E-state index contributed by atoms with van der Waals surface area (Å²) in [6, 6.07) is 2.75. The molecule has 2 amide bonds. The van der Waals surface area contributed by atoms with E-state index in [1.54, 1.807) is 41.5 Å². The molecule has 1 saturated heterocycles. The van der Waals surface area contributed by atoms with Crippen LogP contribution in [0, 0.1) is 5.82 Å². The first-order valence-corrected chi connectivity index (χ1v) is 12.9. The Hall–Kier alpha value is -2.80. The van der Waals surface area contributed by atoms with Crippen molar-refractivity contribution in [3.63, 3.8) is 0 Å². The maximum Gasteiger partial charge on any atom is 0.494 e. The van der Waals surface area contributed by atoms with Crippen LogP contribution in [0.4, 0.5) is 22.8 Å². The van der Waals surface area contributed by atoms with Crippen LogP contribution in [0.25, 0.3) is 0 Å². The molecular formula is C27H38BF3N2O7. The van der Waals surface area contributed by atoms with Gasteiger partial charge in [0.05, 0.1) is 11.2 Å². The van der Waals surface area contributed by atoms with Crippen molar-refractivity contribution in [3.05, 3.63) is 29.6 Å². The van der Waals surface area contributed by atoms with Crippen molar-refractivity contribution in [2.45, 2.75) is 110 Å². The predicted molar refractivity (Wildman–Crippen MR) is 142 cm³/mol. The lowest BCUT2D eigenvalue weighted by atomic mass is 9.75. The van der Waals surface area contributed by atoms with Crippen molar-refractivity contribution in [3.8, 4) is 0 Å². The summed E-state index contributed by atoms with van der Waals surface area (Å²) in [5, 5.41) is 0. The molecule has 1 aromatic carbocycles. The number of imide groups is 1.